The molecule has 17 heavy (non-hydrogen) atoms. The lowest BCUT2D eigenvalue weighted by Crippen LogP contribution is -2.26. The molecule has 0 saturated heterocycles. The summed E-state index contributed by atoms with van der Waals surface area (Å²) >= 11 is 3.40. The van der Waals surface area contributed by atoms with Crippen LogP contribution in [0.5, 0.6) is 5.75 Å². The van der Waals surface area contributed by atoms with Gasteiger partial charge in [-0.25, -0.2) is 0 Å². The van der Waals surface area contributed by atoms with Crippen LogP contribution in [-0.2, 0) is 6.61 Å². The van der Waals surface area contributed by atoms with Crippen molar-refractivity contribution in [3.05, 3.63) is 27.7 Å². The number of hydrogen-bond donors (Lipinski definition) is 2. The largest absolute Gasteiger partial charge is 0.487 e. The highest BCUT2D eigenvalue weighted by Gasteiger charge is 2.28. The highest BCUT2D eigenvalue weighted by molar-refractivity contribution is 9.10. The Kier molecular flexibility index (Phi) is 4.07. The lowest BCUT2D eigenvalue weighted by molar-refractivity contribution is 0.0584. The number of rotatable bonds is 3. The van der Waals surface area contributed by atoms with Crippen molar-refractivity contribution in [1.82, 2.24) is 0 Å². The normalized spacial score (nSPS) is 24.0. The van der Waals surface area contributed by atoms with Gasteiger partial charge < -0.3 is 14.9 Å². The number of aliphatic hydroxyl groups excluding tert-OH is 2. The fourth-order valence-corrected chi connectivity index (χ4v) is 2.90. The highest BCUT2D eigenvalue weighted by Crippen LogP contribution is 2.32. The van der Waals surface area contributed by atoms with Crippen LogP contribution in [0, 0.1) is 6.92 Å². The van der Waals surface area contributed by atoms with Crippen LogP contribution in [0.15, 0.2) is 16.6 Å². The molecule has 2 rings (SSSR count). The maximum Gasteiger partial charge on any atom is 0.128 e. The van der Waals surface area contributed by atoms with Gasteiger partial charge in [-0.2, -0.15) is 0 Å². The molecular formula is C13H17BrO3. The molecule has 2 N–H and O–H groups in total. The van der Waals surface area contributed by atoms with Crippen molar-refractivity contribution in [3.8, 4) is 5.75 Å². The van der Waals surface area contributed by atoms with Gasteiger partial charge in [-0.05, 0) is 43.9 Å². The maximum absolute atomic E-state index is 9.76. The van der Waals surface area contributed by atoms with Crippen molar-refractivity contribution in [2.75, 3.05) is 0 Å². The van der Waals surface area contributed by atoms with Gasteiger partial charge in [0.15, 0.2) is 0 Å². The first-order valence-electron chi connectivity index (χ1n) is 5.86. The number of ether oxygens (including phenoxy) is 1. The smallest absolute Gasteiger partial charge is 0.128 e. The van der Waals surface area contributed by atoms with Crippen molar-refractivity contribution in [3.63, 3.8) is 0 Å². The van der Waals surface area contributed by atoms with Crippen molar-refractivity contribution in [1.29, 1.82) is 0 Å². The molecule has 0 radical (unpaired) electrons. The summed E-state index contributed by atoms with van der Waals surface area (Å²) in [5, 5.41) is 19.1. The van der Waals surface area contributed by atoms with Crippen LogP contribution in [0.3, 0.4) is 0 Å². The van der Waals surface area contributed by atoms with Gasteiger partial charge >= 0.3 is 0 Å². The SMILES string of the molecule is Cc1cc(Br)cc(CO)c1OC1CCCC1O. The molecule has 0 aliphatic heterocycles. The summed E-state index contributed by atoms with van der Waals surface area (Å²) in [5.41, 5.74) is 1.73. The predicted octanol–water partition coefficient (Wildman–Crippen LogP) is 2.54. The molecule has 94 valence electrons. The second kappa shape index (κ2) is 5.38. The Morgan fingerprint density at radius 3 is 2.76 bits per heavy atom. The first-order chi connectivity index (χ1) is 8.11. The summed E-state index contributed by atoms with van der Waals surface area (Å²) in [7, 11) is 0. The third kappa shape index (κ3) is 2.81. The molecule has 0 aromatic heterocycles. The molecule has 1 fully saturated rings. The van der Waals surface area contributed by atoms with E-state index in [1.807, 2.05) is 19.1 Å². The molecular weight excluding hydrogens is 284 g/mol. The summed E-state index contributed by atoms with van der Waals surface area (Å²) in [4.78, 5) is 0. The van der Waals surface area contributed by atoms with E-state index in [0.29, 0.717) is 5.75 Å². The lowest BCUT2D eigenvalue weighted by Gasteiger charge is -2.21. The van der Waals surface area contributed by atoms with Gasteiger partial charge in [0, 0.05) is 10.0 Å². The maximum atomic E-state index is 9.76. The van der Waals surface area contributed by atoms with E-state index in [2.05, 4.69) is 15.9 Å². The van der Waals surface area contributed by atoms with Gasteiger partial charge in [0.05, 0.1) is 12.7 Å². The van der Waals surface area contributed by atoms with Crippen LogP contribution in [0.4, 0.5) is 0 Å². The van der Waals surface area contributed by atoms with E-state index in [-0.39, 0.29) is 18.8 Å². The zero-order valence-corrected chi connectivity index (χ0v) is 11.4. The van der Waals surface area contributed by atoms with Crippen molar-refractivity contribution >= 4 is 15.9 Å². The van der Waals surface area contributed by atoms with E-state index in [1.165, 1.54) is 0 Å². The number of hydrogen-bond acceptors (Lipinski definition) is 3. The minimum absolute atomic E-state index is 0.0571. The van der Waals surface area contributed by atoms with Gasteiger partial charge in [0.1, 0.15) is 11.9 Å². The quantitative estimate of drug-likeness (QED) is 0.902. The molecule has 0 bridgehead atoms. The van der Waals surface area contributed by atoms with E-state index in [1.54, 1.807) is 0 Å². The second-order valence-corrected chi connectivity index (χ2v) is 5.44. The molecule has 2 unspecified atom stereocenters. The van der Waals surface area contributed by atoms with Gasteiger partial charge in [0.2, 0.25) is 0 Å². The molecule has 0 heterocycles. The molecule has 0 amide bonds. The summed E-state index contributed by atoms with van der Waals surface area (Å²) in [6.07, 6.45) is 2.15. The highest BCUT2D eigenvalue weighted by atomic mass is 79.9. The molecule has 1 aromatic carbocycles. The van der Waals surface area contributed by atoms with Gasteiger partial charge in [0.25, 0.3) is 0 Å². The molecule has 3 nitrogen and oxygen atoms in total. The monoisotopic (exact) mass is 300 g/mol. The van der Waals surface area contributed by atoms with Gasteiger partial charge in [-0.3, -0.25) is 0 Å². The molecule has 1 aliphatic carbocycles. The first kappa shape index (κ1) is 12.9. The van der Waals surface area contributed by atoms with E-state index < -0.39 is 0 Å². The van der Waals surface area contributed by atoms with Crippen LogP contribution >= 0.6 is 15.9 Å². The second-order valence-electron chi connectivity index (χ2n) is 4.52. The van der Waals surface area contributed by atoms with Crippen molar-refractivity contribution < 1.29 is 14.9 Å². The Morgan fingerprint density at radius 1 is 1.41 bits per heavy atom. The molecule has 4 heteroatoms. The van der Waals surface area contributed by atoms with Gasteiger partial charge in [-0.15, -0.1) is 0 Å². The van der Waals surface area contributed by atoms with Crippen LogP contribution in [0.1, 0.15) is 30.4 Å². The van der Waals surface area contributed by atoms with Crippen LogP contribution < -0.4 is 4.74 Å². The Morgan fingerprint density at radius 2 is 2.18 bits per heavy atom. The summed E-state index contributed by atoms with van der Waals surface area (Å²) in [5.74, 6) is 0.710. The number of aryl methyl sites for hydroxylation is 1. The molecule has 1 saturated carbocycles. The van der Waals surface area contributed by atoms with E-state index in [4.69, 9.17) is 4.74 Å². The van der Waals surface area contributed by atoms with E-state index in [0.717, 1.165) is 34.9 Å². The predicted molar refractivity (Wildman–Crippen MR) is 69.1 cm³/mol. The third-order valence-electron chi connectivity index (χ3n) is 3.17. The van der Waals surface area contributed by atoms with Gasteiger partial charge in [-0.1, -0.05) is 15.9 Å². The summed E-state index contributed by atoms with van der Waals surface area (Å²) in [6, 6.07) is 3.81. The van der Waals surface area contributed by atoms with Crippen molar-refractivity contribution in [2.45, 2.75) is 45.0 Å². The minimum atomic E-state index is -0.385. The first-order valence-corrected chi connectivity index (χ1v) is 6.65. The van der Waals surface area contributed by atoms with Crippen molar-refractivity contribution in [2.24, 2.45) is 0 Å². The topological polar surface area (TPSA) is 49.7 Å². The van der Waals surface area contributed by atoms with Crippen LogP contribution in [-0.4, -0.2) is 22.4 Å². The number of benzene rings is 1. The Hall–Kier alpha value is -0.580. The Bertz CT molecular complexity index is 406. The molecule has 0 spiro atoms. The van der Waals surface area contributed by atoms with E-state index >= 15 is 0 Å². The van der Waals surface area contributed by atoms with Crippen LogP contribution in [0.2, 0.25) is 0 Å². The molecule has 1 aromatic rings. The Balaban J connectivity index is 2.25. The average Bonchev–Trinajstić information content (AvgIpc) is 2.68. The standard InChI is InChI=1S/C13H17BrO3/c1-8-5-10(14)6-9(7-15)13(8)17-12-4-2-3-11(12)16/h5-6,11-12,15-16H,2-4,7H2,1H3. The zero-order valence-electron chi connectivity index (χ0n) is 9.82. The fraction of sp³-hybridized carbons (Fsp3) is 0.538. The summed E-state index contributed by atoms with van der Waals surface area (Å²) < 4.78 is 6.79. The Labute approximate surface area is 110 Å². The summed E-state index contributed by atoms with van der Waals surface area (Å²) in [6.45, 7) is 1.89. The molecule has 1 aliphatic rings. The molecule has 2 atom stereocenters. The zero-order chi connectivity index (χ0) is 12.4. The lowest BCUT2D eigenvalue weighted by atomic mass is 10.1. The van der Waals surface area contributed by atoms with E-state index in [9.17, 15) is 10.2 Å². The average molecular weight is 301 g/mol. The number of aliphatic hydroxyl groups is 2. The third-order valence-corrected chi connectivity index (χ3v) is 3.63. The number of halogens is 1. The fourth-order valence-electron chi connectivity index (χ4n) is 2.28. The minimum Gasteiger partial charge on any atom is -0.487 e. The van der Waals surface area contributed by atoms with Crippen LogP contribution in [0.25, 0.3) is 0 Å².